The van der Waals surface area contributed by atoms with Gasteiger partial charge in [-0.3, -0.25) is 9.59 Å². The zero-order valence-corrected chi connectivity index (χ0v) is 8.73. The fourth-order valence-electron chi connectivity index (χ4n) is 1.65. The molecule has 0 unspecified atom stereocenters. The first-order chi connectivity index (χ1) is 7.79. The van der Waals surface area contributed by atoms with Crippen LogP contribution in [0.5, 0.6) is 0 Å². The highest BCUT2D eigenvalue weighted by Crippen LogP contribution is 2.16. The summed E-state index contributed by atoms with van der Waals surface area (Å²) in [6, 6.07) is 0. The number of carbonyl (C=O) groups is 2. The van der Waals surface area contributed by atoms with Gasteiger partial charge in [0.15, 0.2) is 12.1 Å². The Morgan fingerprint density at radius 1 is 1.56 bits per heavy atom. The van der Waals surface area contributed by atoms with Crippen LogP contribution in [-0.2, 0) is 9.53 Å². The number of rotatable bonds is 3. The molecular weight excluding hydrogens is 210 g/mol. The summed E-state index contributed by atoms with van der Waals surface area (Å²) in [6.45, 7) is 1.25. The highest BCUT2D eigenvalue weighted by atomic mass is 16.5. The molecule has 1 aliphatic rings. The Balaban J connectivity index is 1.92. The SMILES string of the molecule is O=Cc1ncc(NC(=O)C2CCOCC2)[nH]1. The number of ether oxygens (including phenoxy) is 1. The first-order valence-electron chi connectivity index (χ1n) is 5.18. The Kier molecular flexibility index (Phi) is 3.31. The average Bonchev–Trinajstić information content (AvgIpc) is 2.78. The largest absolute Gasteiger partial charge is 0.381 e. The lowest BCUT2D eigenvalue weighted by atomic mass is 10.00. The second kappa shape index (κ2) is 4.89. The minimum absolute atomic E-state index is 0.0169. The second-order valence-electron chi connectivity index (χ2n) is 3.68. The smallest absolute Gasteiger partial charge is 0.228 e. The summed E-state index contributed by atoms with van der Waals surface area (Å²) in [5.41, 5.74) is 0. The fraction of sp³-hybridized carbons (Fsp3) is 0.500. The van der Waals surface area contributed by atoms with Gasteiger partial charge in [0.25, 0.3) is 0 Å². The van der Waals surface area contributed by atoms with Gasteiger partial charge < -0.3 is 15.0 Å². The van der Waals surface area contributed by atoms with Crippen molar-refractivity contribution in [1.29, 1.82) is 0 Å². The molecule has 0 atom stereocenters. The summed E-state index contributed by atoms with van der Waals surface area (Å²) in [5.74, 6) is 0.599. The van der Waals surface area contributed by atoms with Crippen LogP contribution >= 0.6 is 0 Å². The Labute approximate surface area is 92.4 Å². The lowest BCUT2D eigenvalue weighted by molar-refractivity contribution is -0.122. The van der Waals surface area contributed by atoms with Crippen LogP contribution < -0.4 is 5.32 Å². The quantitative estimate of drug-likeness (QED) is 0.734. The molecule has 2 N–H and O–H groups in total. The lowest BCUT2D eigenvalue weighted by Crippen LogP contribution is -2.28. The molecule has 86 valence electrons. The molecule has 0 aromatic carbocycles. The molecule has 0 aliphatic carbocycles. The van der Waals surface area contributed by atoms with Crippen molar-refractivity contribution in [2.75, 3.05) is 18.5 Å². The molecule has 1 aromatic heterocycles. The van der Waals surface area contributed by atoms with Crippen LogP contribution in [0.1, 0.15) is 23.5 Å². The van der Waals surface area contributed by atoms with Gasteiger partial charge >= 0.3 is 0 Å². The first-order valence-corrected chi connectivity index (χ1v) is 5.18. The number of hydrogen-bond donors (Lipinski definition) is 2. The van der Waals surface area contributed by atoms with E-state index in [1.54, 1.807) is 0 Å². The van der Waals surface area contributed by atoms with Gasteiger partial charge in [-0.2, -0.15) is 0 Å². The topological polar surface area (TPSA) is 84.1 Å². The van der Waals surface area contributed by atoms with Crippen molar-refractivity contribution in [2.24, 2.45) is 5.92 Å². The molecule has 2 heterocycles. The van der Waals surface area contributed by atoms with Gasteiger partial charge in [0.05, 0.1) is 6.20 Å². The van der Waals surface area contributed by atoms with E-state index in [9.17, 15) is 9.59 Å². The first kappa shape index (κ1) is 10.8. The number of H-pyrrole nitrogens is 1. The standard InChI is InChI=1S/C10H13N3O3/c14-6-9-11-5-8(12-9)13-10(15)7-1-3-16-4-2-7/h5-7H,1-4H2,(H,11,12)(H,13,15). The summed E-state index contributed by atoms with van der Waals surface area (Å²) in [4.78, 5) is 28.6. The predicted octanol–water partition coefficient (Wildman–Crippen LogP) is 0.587. The summed E-state index contributed by atoms with van der Waals surface area (Å²) in [7, 11) is 0. The highest BCUT2D eigenvalue weighted by Gasteiger charge is 2.21. The Morgan fingerprint density at radius 3 is 2.94 bits per heavy atom. The normalized spacial score (nSPS) is 17.0. The molecule has 16 heavy (non-hydrogen) atoms. The number of nitrogens with zero attached hydrogens (tertiary/aromatic N) is 1. The van der Waals surface area contributed by atoms with Gasteiger partial charge in [-0.15, -0.1) is 0 Å². The predicted molar refractivity (Wildman–Crippen MR) is 56.1 cm³/mol. The highest BCUT2D eigenvalue weighted by molar-refractivity contribution is 5.92. The molecule has 1 aliphatic heterocycles. The van der Waals surface area contributed by atoms with Crippen molar-refractivity contribution < 1.29 is 14.3 Å². The second-order valence-corrected chi connectivity index (χ2v) is 3.68. The maximum atomic E-state index is 11.8. The van der Waals surface area contributed by atoms with Gasteiger partial charge in [0, 0.05) is 19.1 Å². The van der Waals surface area contributed by atoms with Crippen molar-refractivity contribution >= 4 is 18.0 Å². The van der Waals surface area contributed by atoms with Crippen molar-refractivity contribution in [2.45, 2.75) is 12.8 Å². The number of anilines is 1. The molecule has 1 fully saturated rings. The van der Waals surface area contributed by atoms with Gasteiger partial charge in [-0.1, -0.05) is 0 Å². The molecule has 1 aromatic rings. The Morgan fingerprint density at radius 2 is 2.31 bits per heavy atom. The third-order valence-electron chi connectivity index (χ3n) is 2.56. The van der Waals surface area contributed by atoms with Crippen molar-refractivity contribution in [1.82, 2.24) is 9.97 Å². The Hall–Kier alpha value is -1.69. The molecule has 6 nitrogen and oxygen atoms in total. The molecule has 0 spiro atoms. The molecule has 0 saturated carbocycles. The van der Waals surface area contributed by atoms with E-state index in [1.807, 2.05) is 0 Å². The van der Waals surface area contributed by atoms with Crippen LogP contribution in [0.25, 0.3) is 0 Å². The molecule has 1 amide bonds. The molecule has 0 radical (unpaired) electrons. The van der Waals surface area contributed by atoms with Gasteiger partial charge in [0.1, 0.15) is 5.82 Å². The minimum atomic E-state index is -0.0515. The Bertz CT molecular complexity index is 382. The van der Waals surface area contributed by atoms with Crippen molar-refractivity contribution in [3.8, 4) is 0 Å². The van der Waals surface area contributed by atoms with Crippen LogP contribution in [0.4, 0.5) is 5.82 Å². The zero-order valence-electron chi connectivity index (χ0n) is 8.73. The average molecular weight is 223 g/mol. The number of amides is 1. The van der Waals surface area contributed by atoms with Gasteiger partial charge in [-0.05, 0) is 12.8 Å². The maximum absolute atomic E-state index is 11.8. The van der Waals surface area contributed by atoms with E-state index >= 15 is 0 Å². The fourth-order valence-corrected chi connectivity index (χ4v) is 1.65. The molecule has 6 heteroatoms. The van der Waals surface area contributed by atoms with E-state index in [2.05, 4.69) is 15.3 Å². The monoisotopic (exact) mass is 223 g/mol. The van der Waals surface area contributed by atoms with Crippen LogP contribution in [0, 0.1) is 5.92 Å². The number of carbonyl (C=O) groups excluding carboxylic acids is 2. The van der Waals surface area contributed by atoms with Crippen molar-refractivity contribution in [3.63, 3.8) is 0 Å². The van der Waals surface area contributed by atoms with Gasteiger partial charge in [0.2, 0.25) is 5.91 Å². The van der Waals surface area contributed by atoms with Crippen molar-refractivity contribution in [3.05, 3.63) is 12.0 Å². The van der Waals surface area contributed by atoms with Crippen LogP contribution in [0.2, 0.25) is 0 Å². The van der Waals surface area contributed by atoms with E-state index < -0.39 is 0 Å². The molecule has 2 rings (SSSR count). The van der Waals surface area contributed by atoms with E-state index in [0.717, 1.165) is 12.8 Å². The summed E-state index contributed by atoms with van der Waals surface area (Å²) in [5, 5.41) is 2.69. The number of aromatic amines is 1. The van der Waals surface area contributed by atoms with E-state index in [0.29, 0.717) is 25.3 Å². The minimum Gasteiger partial charge on any atom is -0.381 e. The third-order valence-corrected chi connectivity index (χ3v) is 2.56. The summed E-state index contributed by atoms with van der Waals surface area (Å²) in [6.07, 6.45) is 3.51. The number of imidazole rings is 1. The number of nitrogens with one attached hydrogen (secondary N) is 2. The zero-order chi connectivity index (χ0) is 11.4. The van der Waals surface area contributed by atoms with Crippen LogP contribution in [-0.4, -0.2) is 35.4 Å². The third kappa shape index (κ3) is 2.46. The summed E-state index contributed by atoms with van der Waals surface area (Å²) < 4.78 is 5.18. The van der Waals surface area contributed by atoms with Crippen LogP contribution in [0.15, 0.2) is 6.20 Å². The maximum Gasteiger partial charge on any atom is 0.228 e. The molecule has 1 saturated heterocycles. The van der Waals surface area contributed by atoms with E-state index in [1.165, 1.54) is 6.20 Å². The number of aromatic nitrogens is 2. The number of hydrogen-bond acceptors (Lipinski definition) is 4. The lowest BCUT2D eigenvalue weighted by Gasteiger charge is -2.20. The molecule has 0 bridgehead atoms. The van der Waals surface area contributed by atoms with Gasteiger partial charge in [-0.25, -0.2) is 4.98 Å². The van der Waals surface area contributed by atoms with E-state index in [4.69, 9.17) is 4.74 Å². The van der Waals surface area contributed by atoms with E-state index in [-0.39, 0.29) is 17.6 Å². The summed E-state index contributed by atoms with van der Waals surface area (Å²) >= 11 is 0. The van der Waals surface area contributed by atoms with Crippen LogP contribution in [0.3, 0.4) is 0 Å². The molecular formula is C10H13N3O3. The number of aldehydes is 1.